The summed E-state index contributed by atoms with van der Waals surface area (Å²) in [7, 11) is 0. The van der Waals surface area contributed by atoms with Gasteiger partial charge in [0.25, 0.3) is 0 Å². The van der Waals surface area contributed by atoms with Crippen molar-refractivity contribution < 1.29 is 22.7 Å². The zero-order valence-electron chi connectivity index (χ0n) is 14.9. The fourth-order valence-corrected chi connectivity index (χ4v) is 3.16. The van der Waals surface area contributed by atoms with Crippen LogP contribution in [-0.2, 0) is 4.79 Å². The number of amides is 1. The molecule has 7 heteroatoms. The largest absolute Gasteiger partial charge is 0.488 e. The van der Waals surface area contributed by atoms with E-state index in [-0.39, 0.29) is 18.5 Å². The summed E-state index contributed by atoms with van der Waals surface area (Å²) in [5, 5.41) is 2.03. The maximum Gasteiger partial charge on any atom is 0.409 e. The number of rotatable bonds is 3. The van der Waals surface area contributed by atoms with Crippen molar-refractivity contribution in [1.29, 1.82) is 0 Å². The monoisotopic (exact) mass is 366 g/mol. The lowest BCUT2D eigenvalue weighted by atomic mass is 9.97. The minimum atomic E-state index is -4.53. The van der Waals surface area contributed by atoms with E-state index in [0.29, 0.717) is 16.5 Å². The molecule has 1 atom stereocenters. The van der Waals surface area contributed by atoms with Crippen molar-refractivity contribution in [2.45, 2.75) is 45.0 Å². The molecule has 1 aliphatic heterocycles. The van der Waals surface area contributed by atoms with Crippen LogP contribution in [0, 0.1) is 0 Å². The molecule has 0 spiro atoms. The average Bonchev–Trinajstić information content (AvgIpc) is 2.93. The van der Waals surface area contributed by atoms with Crippen LogP contribution in [0.3, 0.4) is 0 Å². The Kier molecular flexibility index (Phi) is 4.60. The number of nitrogens with zero attached hydrogens (tertiary/aromatic N) is 1. The van der Waals surface area contributed by atoms with Crippen molar-refractivity contribution in [1.82, 2.24) is 10.4 Å². The molecule has 4 nitrogen and oxygen atoms in total. The molecule has 1 saturated heterocycles. The van der Waals surface area contributed by atoms with Crippen LogP contribution < -0.4 is 10.2 Å². The molecule has 0 aromatic heterocycles. The molecule has 1 heterocycles. The minimum Gasteiger partial charge on any atom is -0.488 e. The Hall–Kier alpha value is -2.28. The third kappa shape index (κ3) is 3.77. The summed E-state index contributed by atoms with van der Waals surface area (Å²) in [6.07, 6.45) is -4.48. The topological polar surface area (TPSA) is 41.6 Å². The van der Waals surface area contributed by atoms with Crippen LogP contribution in [0.25, 0.3) is 10.8 Å². The molecule has 2 aromatic carbocycles. The van der Waals surface area contributed by atoms with Crippen LogP contribution in [0.5, 0.6) is 5.75 Å². The first-order chi connectivity index (χ1) is 12.1. The van der Waals surface area contributed by atoms with Gasteiger partial charge in [0, 0.05) is 18.4 Å². The van der Waals surface area contributed by atoms with Crippen molar-refractivity contribution in [3.63, 3.8) is 0 Å². The Bertz CT molecular complexity index is 828. The number of hydrogen-bond acceptors (Lipinski definition) is 3. The highest BCUT2D eigenvalue weighted by Crippen LogP contribution is 2.42. The highest BCUT2D eigenvalue weighted by Gasteiger charge is 2.47. The van der Waals surface area contributed by atoms with E-state index in [4.69, 9.17) is 4.74 Å². The Morgan fingerprint density at radius 2 is 1.73 bits per heavy atom. The number of hydrazine groups is 1. The van der Waals surface area contributed by atoms with E-state index < -0.39 is 23.7 Å². The van der Waals surface area contributed by atoms with E-state index in [9.17, 15) is 18.0 Å². The fourth-order valence-electron chi connectivity index (χ4n) is 3.16. The van der Waals surface area contributed by atoms with E-state index in [1.54, 1.807) is 30.3 Å². The van der Waals surface area contributed by atoms with Gasteiger partial charge in [-0.15, -0.1) is 0 Å². The molecule has 0 radical (unpaired) electrons. The summed E-state index contributed by atoms with van der Waals surface area (Å²) in [6, 6.07) is 7.95. The molecule has 0 bridgehead atoms. The fraction of sp³-hybridized carbons (Fsp3) is 0.421. The van der Waals surface area contributed by atoms with E-state index in [1.807, 2.05) is 20.8 Å². The molecule has 1 fully saturated rings. The molecule has 3 rings (SSSR count). The van der Waals surface area contributed by atoms with Crippen molar-refractivity contribution in [2.24, 2.45) is 0 Å². The Morgan fingerprint density at radius 1 is 1.08 bits per heavy atom. The molecule has 1 N–H and O–H groups in total. The molecule has 26 heavy (non-hydrogen) atoms. The summed E-state index contributed by atoms with van der Waals surface area (Å²) < 4.78 is 47.5. The lowest BCUT2D eigenvalue weighted by Crippen LogP contribution is -2.43. The van der Waals surface area contributed by atoms with Gasteiger partial charge in [-0.3, -0.25) is 10.2 Å². The maximum absolute atomic E-state index is 13.9. The molecule has 0 saturated carbocycles. The van der Waals surface area contributed by atoms with Gasteiger partial charge < -0.3 is 4.74 Å². The number of nitrogens with one attached hydrogen (secondary N) is 1. The SMILES string of the molecule is CC(C)(C)Oc1ccc([C@H](N2CCC(=O)N2)C(F)(F)F)c2ccccc12. The number of ether oxygens (including phenoxy) is 1. The second kappa shape index (κ2) is 6.46. The number of carbonyl (C=O) groups is 1. The van der Waals surface area contributed by atoms with E-state index >= 15 is 0 Å². The van der Waals surface area contributed by atoms with E-state index in [1.165, 1.54) is 6.07 Å². The van der Waals surface area contributed by atoms with Crippen LogP contribution in [0.2, 0.25) is 0 Å². The highest BCUT2D eigenvalue weighted by atomic mass is 19.4. The minimum absolute atomic E-state index is 0.0115. The number of alkyl halides is 3. The number of halogens is 3. The summed E-state index contributed by atoms with van der Waals surface area (Å²) in [5.74, 6) is 0.125. The quantitative estimate of drug-likeness (QED) is 0.878. The van der Waals surface area contributed by atoms with Gasteiger partial charge in [0.15, 0.2) is 6.04 Å². The zero-order valence-corrected chi connectivity index (χ0v) is 14.9. The first-order valence-corrected chi connectivity index (χ1v) is 8.40. The number of benzene rings is 2. The molecular weight excluding hydrogens is 345 g/mol. The first kappa shape index (κ1) is 18.5. The predicted octanol–water partition coefficient (Wildman–Crippen LogP) is 4.36. The van der Waals surface area contributed by atoms with Gasteiger partial charge in [-0.05, 0) is 37.8 Å². The van der Waals surface area contributed by atoms with Crippen molar-refractivity contribution in [3.8, 4) is 5.75 Å². The summed E-state index contributed by atoms with van der Waals surface area (Å²) in [5.41, 5.74) is 1.94. The van der Waals surface area contributed by atoms with Gasteiger partial charge in [-0.25, -0.2) is 5.01 Å². The highest BCUT2D eigenvalue weighted by molar-refractivity contribution is 5.91. The third-order valence-electron chi connectivity index (χ3n) is 4.10. The van der Waals surface area contributed by atoms with Gasteiger partial charge in [0.2, 0.25) is 5.91 Å². The zero-order chi connectivity index (χ0) is 19.1. The lowest BCUT2D eigenvalue weighted by molar-refractivity contribution is -0.190. The standard InChI is InChI=1S/C19H21F3N2O2/c1-18(2,3)26-15-9-8-14(12-6-4-5-7-13(12)15)17(19(20,21)22)24-11-10-16(25)23-24/h4-9,17H,10-11H2,1-3H3,(H,23,25)/t17-/m0/s1. The maximum atomic E-state index is 13.9. The van der Waals surface area contributed by atoms with Crippen LogP contribution in [0.15, 0.2) is 36.4 Å². The van der Waals surface area contributed by atoms with Crippen LogP contribution in [0.1, 0.15) is 38.8 Å². The third-order valence-corrected chi connectivity index (χ3v) is 4.10. The molecule has 140 valence electrons. The van der Waals surface area contributed by atoms with Crippen LogP contribution >= 0.6 is 0 Å². The summed E-state index contributed by atoms with van der Waals surface area (Å²) in [4.78, 5) is 11.5. The second-order valence-electron chi connectivity index (χ2n) is 7.34. The molecule has 1 aliphatic rings. The second-order valence-corrected chi connectivity index (χ2v) is 7.34. The Labute approximate surface area is 149 Å². The van der Waals surface area contributed by atoms with Crippen molar-refractivity contribution in [2.75, 3.05) is 6.54 Å². The number of hydrogen-bond donors (Lipinski definition) is 1. The molecule has 1 amide bonds. The van der Waals surface area contributed by atoms with Crippen molar-refractivity contribution in [3.05, 3.63) is 42.0 Å². The lowest BCUT2D eigenvalue weighted by Gasteiger charge is -2.31. The molecule has 0 aliphatic carbocycles. The van der Waals surface area contributed by atoms with Gasteiger partial charge in [0.05, 0.1) is 0 Å². The summed E-state index contributed by atoms with van der Waals surface area (Å²) >= 11 is 0. The van der Waals surface area contributed by atoms with E-state index in [0.717, 1.165) is 5.01 Å². The number of fused-ring (bicyclic) bond motifs is 1. The molecular formula is C19H21F3N2O2. The van der Waals surface area contributed by atoms with Crippen LogP contribution in [-0.4, -0.2) is 29.2 Å². The van der Waals surface area contributed by atoms with Crippen LogP contribution in [0.4, 0.5) is 13.2 Å². The average molecular weight is 366 g/mol. The number of carbonyl (C=O) groups excluding carboxylic acids is 1. The smallest absolute Gasteiger partial charge is 0.409 e. The van der Waals surface area contributed by atoms with Crippen molar-refractivity contribution >= 4 is 16.7 Å². The van der Waals surface area contributed by atoms with Gasteiger partial charge in [0.1, 0.15) is 11.4 Å². The first-order valence-electron chi connectivity index (χ1n) is 8.40. The van der Waals surface area contributed by atoms with E-state index in [2.05, 4.69) is 5.43 Å². The predicted molar refractivity (Wildman–Crippen MR) is 92.6 cm³/mol. The normalized spacial score (nSPS) is 17.4. The van der Waals surface area contributed by atoms with Gasteiger partial charge in [-0.2, -0.15) is 13.2 Å². The summed E-state index contributed by atoms with van der Waals surface area (Å²) in [6.45, 7) is 5.66. The Balaban J connectivity index is 2.14. The molecule has 0 unspecified atom stereocenters. The van der Waals surface area contributed by atoms with Gasteiger partial charge in [-0.1, -0.05) is 30.3 Å². The molecule has 2 aromatic rings. The Morgan fingerprint density at radius 3 is 2.27 bits per heavy atom. The van der Waals surface area contributed by atoms with Gasteiger partial charge >= 0.3 is 6.18 Å².